The number of aryl methyl sites for hydroxylation is 1. The molecule has 0 unspecified atom stereocenters. The third kappa shape index (κ3) is 3.01. The molecular formula is C10H13N3O3S. The highest BCUT2D eigenvalue weighted by Gasteiger charge is 2.20. The standard InChI is InChI=1S/C10H13N3O3S/c1-7-5-8(12-17-7)10(15)11-6-9(14)13-3-2-4-16-13/h5H,2-4,6H2,1H3,(H,11,15). The molecule has 0 spiro atoms. The van der Waals surface area contributed by atoms with E-state index in [-0.39, 0.29) is 18.4 Å². The van der Waals surface area contributed by atoms with Gasteiger partial charge in [0.1, 0.15) is 5.69 Å². The van der Waals surface area contributed by atoms with Crippen molar-refractivity contribution in [2.24, 2.45) is 0 Å². The van der Waals surface area contributed by atoms with Crippen molar-refractivity contribution in [1.29, 1.82) is 0 Å². The monoisotopic (exact) mass is 255 g/mol. The highest BCUT2D eigenvalue weighted by molar-refractivity contribution is 7.05. The summed E-state index contributed by atoms with van der Waals surface area (Å²) in [5, 5.41) is 3.81. The predicted octanol–water partition coefficient (Wildman–Crippen LogP) is 0.345. The SMILES string of the molecule is Cc1cc(C(=O)NCC(=O)N2CCCO2)ns1. The first-order valence-electron chi connectivity index (χ1n) is 5.31. The quantitative estimate of drug-likeness (QED) is 0.845. The van der Waals surface area contributed by atoms with Crippen molar-refractivity contribution in [2.75, 3.05) is 19.7 Å². The number of carbonyl (C=O) groups is 2. The van der Waals surface area contributed by atoms with Crippen LogP contribution < -0.4 is 5.32 Å². The van der Waals surface area contributed by atoms with Crippen LogP contribution in [0.15, 0.2) is 6.07 Å². The molecule has 1 aliphatic heterocycles. The van der Waals surface area contributed by atoms with Crippen molar-refractivity contribution in [1.82, 2.24) is 14.8 Å². The Hall–Kier alpha value is -1.47. The Morgan fingerprint density at radius 3 is 3.06 bits per heavy atom. The molecule has 0 atom stereocenters. The third-order valence-corrected chi connectivity index (χ3v) is 2.99. The van der Waals surface area contributed by atoms with Gasteiger partial charge in [-0.25, -0.2) is 5.06 Å². The zero-order valence-electron chi connectivity index (χ0n) is 9.43. The number of hydroxylamine groups is 2. The van der Waals surface area contributed by atoms with E-state index in [0.717, 1.165) is 11.3 Å². The Bertz CT molecular complexity index is 426. The van der Waals surface area contributed by atoms with Crippen LogP contribution in [0, 0.1) is 6.92 Å². The number of rotatable bonds is 3. The van der Waals surface area contributed by atoms with Gasteiger partial charge in [-0.3, -0.25) is 14.4 Å². The first-order chi connectivity index (χ1) is 8.16. The van der Waals surface area contributed by atoms with E-state index < -0.39 is 0 Å². The summed E-state index contributed by atoms with van der Waals surface area (Å²) in [6.07, 6.45) is 0.838. The van der Waals surface area contributed by atoms with Crippen LogP contribution in [-0.4, -0.2) is 40.9 Å². The van der Waals surface area contributed by atoms with Gasteiger partial charge in [0.2, 0.25) is 0 Å². The minimum absolute atomic E-state index is 0.0601. The molecule has 0 aliphatic carbocycles. The second kappa shape index (κ2) is 5.24. The van der Waals surface area contributed by atoms with Crippen LogP contribution in [0.4, 0.5) is 0 Å². The average Bonchev–Trinajstić information content (AvgIpc) is 2.95. The lowest BCUT2D eigenvalue weighted by atomic mass is 10.3. The minimum atomic E-state index is -0.332. The molecule has 2 heterocycles. The number of nitrogens with one attached hydrogen (secondary N) is 1. The van der Waals surface area contributed by atoms with Gasteiger partial charge < -0.3 is 5.32 Å². The maximum absolute atomic E-state index is 11.6. The number of aromatic nitrogens is 1. The molecule has 0 radical (unpaired) electrons. The fourth-order valence-corrected chi connectivity index (χ4v) is 1.99. The van der Waals surface area contributed by atoms with Crippen LogP contribution in [0.2, 0.25) is 0 Å². The molecule has 0 aromatic carbocycles. The predicted molar refractivity (Wildman–Crippen MR) is 61.5 cm³/mol. The number of nitrogens with zero attached hydrogens (tertiary/aromatic N) is 2. The first-order valence-corrected chi connectivity index (χ1v) is 6.09. The lowest BCUT2D eigenvalue weighted by Gasteiger charge is -2.13. The van der Waals surface area contributed by atoms with Gasteiger partial charge >= 0.3 is 0 Å². The Kier molecular flexibility index (Phi) is 3.70. The van der Waals surface area contributed by atoms with E-state index in [4.69, 9.17) is 4.84 Å². The van der Waals surface area contributed by atoms with Gasteiger partial charge in [0.15, 0.2) is 0 Å². The molecule has 0 bridgehead atoms. The molecule has 92 valence electrons. The molecule has 17 heavy (non-hydrogen) atoms. The van der Waals surface area contributed by atoms with E-state index in [1.54, 1.807) is 6.07 Å². The topological polar surface area (TPSA) is 71.5 Å². The van der Waals surface area contributed by atoms with Crippen molar-refractivity contribution in [3.63, 3.8) is 0 Å². The molecular weight excluding hydrogens is 242 g/mol. The van der Waals surface area contributed by atoms with Gasteiger partial charge in [-0.15, -0.1) is 0 Å². The molecule has 1 saturated heterocycles. The maximum Gasteiger partial charge on any atom is 0.271 e. The van der Waals surface area contributed by atoms with Gasteiger partial charge in [0, 0.05) is 4.88 Å². The van der Waals surface area contributed by atoms with Gasteiger partial charge in [-0.05, 0) is 30.9 Å². The number of amides is 2. The minimum Gasteiger partial charge on any atom is -0.342 e. The number of hydrogen-bond acceptors (Lipinski definition) is 5. The Labute approximate surface area is 103 Å². The Balaban J connectivity index is 1.81. The summed E-state index contributed by atoms with van der Waals surface area (Å²) in [6.45, 7) is 2.96. The van der Waals surface area contributed by atoms with Crippen molar-refractivity contribution in [3.8, 4) is 0 Å². The second-order valence-corrected chi connectivity index (χ2v) is 4.70. The lowest BCUT2D eigenvalue weighted by molar-refractivity contribution is -0.167. The van der Waals surface area contributed by atoms with Gasteiger partial charge in [0.25, 0.3) is 11.8 Å². The Morgan fingerprint density at radius 2 is 2.47 bits per heavy atom. The zero-order chi connectivity index (χ0) is 12.3. The van der Waals surface area contributed by atoms with Gasteiger partial charge in [-0.2, -0.15) is 4.37 Å². The van der Waals surface area contributed by atoms with Crippen LogP contribution in [-0.2, 0) is 9.63 Å². The van der Waals surface area contributed by atoms with Crippen molar-refractivity contribution in [3.05, 3.63) is 16.6 Å². The third-order valence-electron chi connectivity index (χ3n) is 2.29. The molecule has 1 fully saturated rings. The van der Waals surface area contributed by atoms with Crippen LogP contribution in [0.5, 0.6) is 0 Å². The lowest BCUT2D eigenvalue weighted by Crippen LogP contribution is -2.38. The van der Waals surface area contributed by atoms with Crippen molar-refractivity contribution >= 4 is 23.3 Å². The summed E-state index contributed by atoms with van der Waals surface area (Å²) in [5.41, 5.74) is 0.350. The van der Waals surface area contributed by atoms with Crippen LogP contribution in [0.3, 0.4) is 0 Å². The molecule has 0 saturated carbocycles. The fourth-order valence-electron chi connectivity index (χ4n) is 1.45. The normalized spacial score (nSPS) is 15.0. The highest BCUT2D eigenvalue weighted by Crippen LogP contribution is 2.08. The average molecular weight is 255 g/mol. The zero-order valence-corrected chi connectivity index (χ0v) is 10.2. The van der Waals surface area contributed by atoms with Crippen LogP contribution in [0.1, 0.15) is 21.8 Å². The summed E-state index contributed by atoms with van der Waals surface area (Å²) in [4.78, 5) is 29.2. The van der Waals surface area contributed by atoms with E-state index in [9.17, 15) is 9.59 Å². The smallest absolute Gasteiger partial charge is 0.271 e. The summed E-state index contributed by atoms with van der Waals surface area (Å²) >= 11 is 1.26. The fraction of sp³-hybridized carbons (Fsp3) is 0.500. The van der Waals surface area contributed by atoms with E-state index in [1.165, 1.54) is 16.6 Å². The number of carbonyl (C=O) groups excluding carboxylic acids is 2. The highest BCUT2D eigenvalue weighted by atomic mass is 32.1. The van der Waals surface area contributed by atoms with E-state index >= 15 is 0 Å². The summed E-state index contributed by atoms with van der Waals surface area (Å²) in [6, 6.07) is 1.69. The van der Waals surface area contributed by atoms with Crippen molar-refractivity contribution < 1.29 is 14.4 Å². The molecule has 2 rings (SSSR count). The maximum atomic E-state index is 11.6. The molecule has 7 heteroatoms. The summed E-state index contributed by atoms with van der Waals surface area (Å²) in [5.74, 6) is -0.565. The molecule has 1 aliphatic rings. The second-order valence-electron chi connectivity index (χ2n) is 3.69. The molecule has 2 amide bonds. The van der Waals surface area contributed by atoms with E-state index in [1.807, 2.05) is 6.92 Å². The van der Waals surface area contributed by atoms with Gasteiger partial charge in [-0.1, -0.05) is 0 Å². The first kappa shape index (κ1) is 12.0. The molecule has 6 nitrogen and oxygen atoms in total. The molecule has 1 aromatic rings. The molecule has 1 aromatic heterocycles. The van der Waals surface area contributed by atoms with E-state index in [2.05, 4.69) is 9.69 Å². The van der Waals surface area contributed by atoms with Crippen LogP contribution >= 0.6 is 11.5 Å². The summed E-state index contributed by atoms with van der Waals surface area (Å²) < 4.78 is 3.96. The summed E-state index contributed by atoms with van der Waals surface area (Å²) in [7, 11) is 0. The van der Waals surface area contributed by atoms with Gasteiger partial charge in [0.05, 0.1) is 19.7 Å². The van der Waals surface area contributed by atoms with Crippen molar-refractivity contribution in [2.45, 2.75) is 13.3 Å². The van der Waals surface area contributed by atoms with E-state index in [0.29, 0.717) is 18.8 Å². The molecule has 1 N–H and O–H groups in total. The van der Waals surface area contributed by atoms with Crippen LogP contribution in [0.25, 0.3) is 0 Å². The Morgan fingerprint density at radius 1 is 1.65 bits per heavy atom. The largest absolute Gasteiger partial charge is 0.342 e. The number of hydrogen-bond donors (Lipinski definition) is 1.